The minimum absolute atomic E-state index is 0.136. The summed E-state index contributed by atoms with van der Waals surface area (Å²) in [5, 5.41) is 9.91. The molecule has 2 rings (SSSR count). The summed E-state index contributed by atoms with van der Waals surface area (Å²) >= 11 is 0. The van der Waals surface area contributed by atoms with Crippen LogP contribution in [0.15, 0.2) is 30.3 Å². The van der Waals surface area contributed by atoms with E-state index in [2.05, 4.69) is 0 Å². The highest BCUT2D eigenvalue weighted by Gasteiger charge is 2.38. The SMILES string of the molecule is CC(C)[C@@H]1[C@H](O)CCN1C(=O)OCc1ccccc1. The van der Waals surface area contributed by atoms with Crippen molar-refractivity contribution in [3.63, 3.8) is 0 Å². The standard InChI is InChI=1S/C15H21NO3/c1-11(2)14-13(17)8-9-16(14)15(18)19-10-12-6-4-3-5-7-12/h3-7,11,13-14,17H,8-10H2,1-2H3/t13-,14-/m1/s1. The Morgan fingerprint density at radius 2 is 2.11 bits per heavy atom. The van der Waals surface area contributed by atoms with E-state index in [0.717, 1.165) is 5.56 Å². The van der Waals surface area contributed by atoms with Gasteiger partial charge in [-0.1, -0.05) is 44.2 Å². The number of nitrogens with zero attached hydrogens (tertiary/aromatic N) is 1. The number of aliphatic hydroxyl groups is 1. The molecule has 0 spiro atoms. The van der Waals surface area contributed by atoms with E-state index in [4.69, 9.17) is 4.74 Å². The molecule has 1 amide bonds. The Labute approximate surface area is 114 Å². The van der Waals surface area contributed by atoms with Gasteiger partial charge in [0.05, 0.1) is 12.1 Å². The lowest BCUT2D eigenvalue weighted by Crippen LogP contribution is -2.43. The predicted molar refractivity (Wildman–Crippen MR) is 72.6 cm³/mol. The van der Waals surface area contributed by atoms with E-state index in [1.807, 2.05) is 44.2 Å². The van der Waals surface area contributed by atoms with Crippen LogP contribution in [-0.2, 0) is 11.3 Å². The van der Waals surface area contributed by atoms with Crippen molar-refractivity contribution in [2.24, 2.45) is 5.92 Å². The molecule has 1 fully saturated rings. The van der Waals surface area contributed by atoms with Gasteiger partial charge in [-0.2, -0.15) is 0 Å². The second kappa shape index (κ2) is 6.06. The van der Waals surface area contributed by atoms with Gasteiger partial charge in [-0.15, -0.1) is 0 Å². The van der Waals surface area contributed by atoms with Gasteiger partial charge in [0.2, 0.25) is 0 Å². The minimum atomic E-state index is -0.440. The monoisotopic (exact) mass is 263 g/mol. The summed E-state index contributed by atoms with van der Waals surface area (Å²) in [6.07, 6.45) is -0.146. The van der Waals surface area contributed by atoms with Gasteiger partial charge in [0.1, 0.15) is 6.61 Å². The summed E-state index contributed by atoms with van der Waals surface area (Å²) in [6.45, 7) is 4.86. The van der Waals surface area contributed by atoms with Gasteiger partial charge in [-0.25, -0.2) is 4.79 Å². The maximum atomic E-state index is 12.1. The van der Waals surface area contributed by atoms with Crippen molar-refractivity contribution in [3.8, 4) is 0 Å². The van der Waals surface area contributed by atoms with Gasteiger partial charge in [0.15, 0.2) is 0 Å². The molecular weight excluding hydrogens is 242 g/mol. The number of ether oxygens (including phenoxy) is 1. The van der Waals surface area contributed by atoms with E-state index in [1.54, 1.807) is 4.90 Å². The lowest BCUT2D eigenvalue weighted by molar-refractivity contribution is 0.0567. The van der Waals surface area contributed by atoms with Crippen molar-refractivity contribution in [3.05, 3.63) is 35.9 Å². The summed E-state index contributed by atoms with van der Waals surface area (Å²) in [5.41, 5.74) is 0.969. The van der Waals surface area contributed by atoms with Gasteiger partial charge in [0, 0.05) is 6.54 Å². The number of aliphatic hydroxyl groups excluding tert-OH is 1. The van der Waals surface area contributed by atoms with Gasteiger partial charge in [0.25, 0.3) is 0 Å². The fourth-order valence-electron chi connectivity index (χ4n) is 2.62. The molecule has 1 aromatic carbocycles. The van der Waals surface area contributed by atoms with E-state index in [9.17, 15) is 9.90 Å². The number of likely N-dealkylation sites (tertiary alicyclic amines) is 1. The normalized spacial score (nSPS) is 22.8. The van der Waals surface area contributed by atoms with Gasteiger partial charge < -0.3 is 14.7 Å². The van der Waals surface area contributed by atoms with Crippen LogP contribution in [0.1, 0.15) is 25.8 Å². The van der Waals surface area contributed by atoms with Crippen molar-refractivity contribution in [1.29, 1.82) is 0 Å². The smallest absolute Gasteiger partial charge is 0.410 e. The molecular formula is C15H21NO3. The zero-order valence-corrected chi connectivity index (χ0v) is 11.5. The number of carbonyl (C=O) groups excluding carboxylic acids is 1. The first-order valence-corrected chi connectivity index (χ1v) is 6.75. The zero-order valence-electron chi connectivity index (χ0n) is 11.5. The molecule has 104 valence electrons. The van der Waals surface area contributed by atoms with Crippen LogP contribution in [0.5, 0.6) is 0 Å². The highest BCUT2D eigenvalue weighted by Crippen LogP contribution is 2.25. The lowest BCUT2D eigenvalue weighted by atomic mass is 10.00. The van der Waals surface area contributed by atoms with Crippen molar-refractivity contribution < 1.29 is 14.6 Å². The third-order valence-electron chi connectivity index (χ3n) is 3.54. The summed E-state index contributed by atoms with van der Waals surface area (Å²) in [7, 11) is 0. The Hall–Kier alpha value is -1.55. The Kier molecular flexibility index (Phi) is 4.43. The fraction of sp³-hybridized carbons (Fsp3) is 0.533. The molecule has 0 bridgehead atoms. The quantitative estimate of drug-likeness (QED) is 0.911. The second-order valence-electron chi connectivity index (χ2n) is 5.32. The van der Waals surface area contributed by atoms with Crippen LogP contribution in [0, 0.1) is 5.92 Å². The largest absolute Gasteiger partial charge is 0.445 e. The molecule has 0 unspecified atom stereocenters. The molecule has 4 nitrogen and oxygen atoms in total. The first kappa shape index (κ1) is 13.9. The summed E-state index contributed by atoms with van der Waals surface area (Å²) in [4.78, 5) is 13.7. The molecule has 1 heterocycles. The highest BCUT2D eigenvalue weighted by atomic mass is 16.6. The molecule has 4 heteroatoms. The fourth-order valence-corrected chi connectivity index (χ4v) is 2.62. The molecule has 19 heavy (non-hydrogen) atoms. The first-order valence-electron chi connectivity index (χ1n) is 6.75. The molecule has 0 saturated carbocycles. The van der Waals surface area contributed by atoms with Crippen LogP contribution < -0.4 is 0 Å². The Morgan fingerprint density at radius 3 is 2.74 bits per heavy atom. The van der Waals surface area contributed by atoms with Crippen molar-refractivity contribution in [1.82, 2.24) is 4.90 Å². The average molecular weight is 263 g/mol. The molecule has 0 radical (unpaired) electrons. The second-order valence-corrected chi connectivity index (χ2v) is 5.32. The maximum absolute atomic E-state index is 12.1. The van der Waals surface area contributed by atoms with Crippen LogP contribution in [0.3, 0.4) is 0 Å². The van der Waals surface area contributed by atoms with E-state index in [-0.39, 0.29) is 24.7 Å². The average Bonchev–Trinajstić information content (AvgIpc) is 2.79. The number of carbonyl (C=O) groups is 1. The number of hydrogen-bond donors (Lipinski definition) is 1. The van der Waals surface area contributed by atoms with Crippen molar-refractivity contribution >= 4 is 6.09 Å². The van der Waals surface area contributed by atoms with E-state index in [0.29, 0.717) is 13.0 Å². The van der Waals surface area contributed by atoms with Crippen LogP contribution in [0.4, 0.5) is 4.79 Å². The van der Waals surface area contributed by atoms with E-state index >= 15 is 0 Å². The molecule has 1 saturated heterocycles. The van der Waals surface area contributed by atoms with Crippen LogP contribution >= 0.6 is 0 Å². The highest BCUT2D eigenvalue weighted by molar-refractivity contribution is 5.68. The summed E-state index contributed by atoms with van der Waals surface area (Å²) in [6, 6.07) is 9.47. The molecule has 0 aliphatic carbocycles. The topological polar surface area (TPSA) is 49.8 Å². The number of benzene rings is 1. The van der Waals surface area contributed by atoms with Gasteiger partial charge in [-0.05, 0) is 17.9 Å². The third kappa shape index (κ3) is 3.26. The van der Waals surface area contributed by atoms with Crippen molar-refractivity contribution in [2.75, 3.05) is 6.54 Å². The molecule has 0 aromatic heterocycles. The molecule has 1 aliphatic rings. The molecule has 1 aliphatic heterocycles. The minimum Gasteiger partial charge on any atom is -0.445 e. The Balaban J connectivity index is 1.93. The molecule has 1 aromatic rings. The maximum Gasteiger partial charge on any atom is 0.410 e. The van der Waals surface area contributed by atoms with E-state index in [1.165, 1.54) is 0 Å². The summed E-state index contributed by atoms with van der Waals surface area (Å²) in [5.74, 6) is 0.224. The van der Waals surface area contributed by atoms with Crippen molar-refractivity contribution in [2.45, 2.75) is 39.0 Å². The summed E-state index contributed by atoms with van der Waals surface area (Å²) < 4.78 is 5.32. The van der Waals surface area contributed by atoms with Gasteiger partial charge >= 0.3 is 6.09 Å². The molecule has 2 atom stereocenters. The van der Waals surface area contributed by atoms with Crippen LogP contribution in [0.25, 0.3) is 0 Å². The van der Waals surface area contributed by atoms with Crippen LogP contribution in [0.2, 0.25) is 0 Å². The van der Waals surface area contributed by atoms with E-state index < -0.39 is 6.10 Å². The first-order chi connectivity index (χ1) is 9.09. The van der Waals surface area contributed by atoms with Crippen LogP contribution in [-0.4, -0.2) is 34.8 Å². The predicted octanol–water partition coefficient (Wildman–Crippen LogP) is 2.41. The third-order valence-corrected chi connectivity index (χ3v) is 3.54. The zero-order chi connectivity index (χ0) is 13.8. The Morgan fingerprint density at radius 1 is 1.42 bits per heavy atom. The number of rotatable bonds is 3. The van der Waals surface area contributed by atoms with Gasteiger partial charge in [-0.3, -0.25) is 0 Å². The molecule has 1 N–H and O–H groups in total. The lowest BCUT2D eigenvalue weighted by Gasteiger charge is -2.28. The Bertz CT molecular complexity index is 419. The number of hydrogen-bond acceptors (Lipinski definition) is 3. The number of amides is 1.